The van der Waals surface area contributed by atoms with E-state index in [-0.39, 0.29) is 37.1 Å². The summed E-state index contributed by atoms with van der Waals surface area (Å²) in [5, 5.41) is 10.00. The van der Waals surface area contributed by atoms with Crippen LogP contribution in [0, 0.1) is 0 Å². The van der Waals surface area contributed by atoms with Crippen molar-refractivity contribution >= 4 is 17.6 Å². The van der Waals surface area contributed by atoms with Crippen LogP contribution in [-0.4, -0.2) is 49.1 Å². The van der Waals surface area contributed by atoms with Crippen molar-refractivity contribution in [3.8, 4) is 5.75 Å². The number of esters is 1. The Kier molecular flexibility index (Phi) is 9.10. The van der Waals surface area contributed by atoms with Gasteiger partial charge < -0.3 is 19.5 Å². The highest BCUT2D eigenvalue weighted by Crippen LogP contribution is 2.51. The van der Waals surface area contributed by atoms with Crippen molar-refractivity contribution in [2.75, 3.05) is 18.6 Å². The summed E-state index contributed by atoms with van der Waals surface area (Å²) in [6.07, 6.45) is -12.7. The molecule has 6 nitrogen and oxygen atoms in total. The van der Waals surface area contributed by atoms with Crippen LogP contribution < -0.4 is 9.64 Å². The van der Waals surface area contributed by atoms with Gasteiger partial charge >= 0.3 is 18.3 Å². The third kappa shape index (κ3) is 6.64. The van der Waals surface area contributed by atoms with Crippen LogP contribution in [0.2, 0.25) is 0 Å². The number of nitrogens with zero attached hydrogens (tertiary/aromatic N) is 1. The Morgan fingerprint density at radius 1 is 0.953 bits per heavy atom. The fourth-order valence-electron chi connectivity index (χ4n) is 5.01. The summed E-state index contributed by atoms with van der Waals surface area (Å²) in [6, 6.07) is 17.5. The summed E-state index contributed by atoms with van der Waals surface area (Å²) >= 11 is 0. The number of ether oxygens (including phenoxy) is 2. The zero-order valence-corrected chi connectivity index (χ0v) is 23.2. The lowest BCUT2D eigenvalue weighted by Crippen LogP contribution is -2.54. The molecule has 1 amide bonds. The van der Waals surface area contributed by atoms with Crippen LogP contribution in [0.1, 0.15) is 41.5 Å². The van der Waals surface area contributed by atoms with E-state index >= 15 is 0 Å². The molecule has 43 heavy (non-hydrogen) atoms. The Morgan fingerprint density at radius 3 is 2.16 bits per heavy atom. The quantitative estimate of drug-likeness (QED) is 0.254. The van der Waals surface area contributed by atoms with E-state index in [1.165, 1.54) is 12.0 Å². The van der Waals surface area contributed by atoms with E-state index in [4.69, 9.17) is 4.74 Å². The summed E-state index contributed by atoms with van der Waals surface area (Å²) in [4.78, 5) is 26.7. The number of halogens is 6. The number of anilines is 1. The van der Waals surface area contributed by atoms with Gasteiger partial charge in [-0.05, 0) is 54.7 Å². The van der Waals surface area contributed by atoms with E-state index < -0.39 is 47.4 Å². The number of carbonyl (C=O) groups excluding carboxylic acids is 2. The van der Waals surface area contributed by atoms with E-state index in [1.54, 1.807) is 61.5 Å². The maximum Gasteiger partial charge on any atom is 0.430 e. The second-order valence-corrected chi connectivity index (χ2v) is 10.3. The highest BCUT2D eigenvalue weighted by Gasteiger charge is 2.71. The molecular weight excluding hydrogens is 580 g/mol. The van der Waals surface area contributed by atoms with Crippen molar-refractivity contribution in [3.63, 3.8) is 0 Å². The Bertz CT molecular complexity index is 1430. The van der Waals surface area contributed by atoms with E-state index in [9.17, 15) is 41.0 Å². The third-order valence-electron chi connectivity index (χ3n) is 7.47. The van der Waals surface area contributed by atoms with Crippen molar-refractivity contribution in [3.05, 3.63) is 95.1 Å². The maximum atomic E-state index is 13.8. The molecule has 1 aliphatic rings. The normalized spacial score (nSPS) is 16.6. The Labute approximate surface area is 243 Å². The minimum absolute atomic E-state index is 0.0255. The molecule has 2 atom stereocenters. The number of aryl methyl sites for hydroxylation is 1. The summed E-state index contributed by atoms with van der Waals surface area (Å²) in [7, 11) is 1.27. The molecular formula is C31H29F6NO5. The van der Waals surface area contributed by atoms with Gasteiger partial charge in [0.05, 0.1) is 26.0 Å². The molecule has 4 rings (SSSR count). The van der Waals surface area contributed by atoms with Crippen LogP contribution in [0.4, 0.5) is 32.0 Å². The standard InChI is InChI=1S/C31H29F6NO5/c1-19(21-6-4-3-5-7-21)28(40)38-18-25(43-24-12-8-20(9-13-24)16-27(39)42-2)14-10-22-17-23(11-15-26(22)38)29(41,30(32,33)34)31(35,36)37/h3-9,11-13,15,17,19,25,41H,10,14,16,18H2,1-2H3/t19-,25-/m0/s1. The monoisotopic (exact) mass is 609 g/mol. The number of hydrogen-bond donors (Lipinski definition) is 1. The van der Waals surface area contributed by atoms with Gasteiger partial charge in [-0.1, -0.05) is 54.6 Å². The number of fused-ring (bicyclic) bond motifs is 1. The van der Waals surface area contributed by atoms with Gasteiger partial charge in [0.2, 0.25) is 5.91 Å². The van der Waals surface area contributed by atoms with Crippen LogP contribution in [0.5, 0.6) is 5.75 Å². The molecule has 1 N–H and O–H groups in total. The first kappa shape index (κ1) is 31.9. The van der Waals surface area contributed by atoms with Gasteiger partial charge in [-0.15, -0.1) is 0 Å². The number of carbonyl (C=O) groups is 2. The SMILES string of the molecule is COC(=O)Cc1ccc(O[C@H]2CCc3cc(C(O)(C(F)(F)F)C(F)(F)F)ccc3N(C(=O)[C@@H](C)c3ccccc3)C2)cc1. The molecule has 1 aliphatic heterocycles. The Morgan fingerprint density at radius 2 is 1.58 bits per heavy atom. The summed E-state index contributed by atoms with van der Waals surface area (Å²) < 4.78 is 92.6. The number of aliphatic hydroxyl groups is 1. The number of rotatable bonds is 7. The van der Waals surface area contributed by atoms with Gasteiger partial charge in [-0.3, -0.25) is 9.59 Å². The molecule has 0 spiro atoms. The molecule has 3 aromatic carbocycles. The zero-order chi connectivity index (χ0) is 31.6. The van der Waals surface area contributed by atoms with Gasteiger partial charge in [0, 0.05) is 11.3 Å². The third-order valence-corrected chi connectivity index (χ3v) is 7.47. The van der Waals surface area contributed by atoms with Gasteiger partial charge in [-0.2, -0.15) is 26.3 Å². The molecule has 0 radical (unpaired) electrons. The van der Waals surface area contributed by atoms with Crippen molar-refractivity contribution in [2.24, 2.45) is 0 Å². The van der Waals surface area contributed by atoms with Crippen LogP contribution >= 0.6 is 0 Å². The first-order chi connectivity index (χ1) is 20.2. The van der Waals surface area contributed by atoms with Crippen LogP contribution in [0.3, 0.4) is 0 Å². The fourth-order valence-corrected chi connectivity index (χ4v) is 5.01. The molecule has 0 saturated carbocycles. The average Bonchev–Trinajstić information content (AvgIpc) is 3.15. The number of methoxy groups -OCH3 is 1. The van der Waals surface area contributed by atoms with Crippen LogP contribution in [0.15, 0.2) is 72.8 Å². The average molecular weight is 610 g/mol. The number of hydrogen-bond acceptors (Lipinski definition) is 5. The van der Waals surface area contributed by atoms with E-state index in [2.05, 4.69) is 4.74 Å². The number of alkyl halides is 6. The zero-order valence-electron chi connectivity index (χ0n) is 23.2. The van der Waals surface area contributed by atoms with Crippen molar-refractivity contribution in [2.45, 2.75) is 56.2 Å². The highest BCUT2D eigenvalue weighted by atomic mass is 19.4. The summed E-state index contributed by atoms with van der Waals surface area (Å²) in [5.41, 5.74) is -5.02. The van der Waals surface area contributed by atoms with Gasteiger partial charge in [-0.25, -0.2) is 0 Å². The first-order valence-electron chi connectivity index (χ1n) is 13.3. The van der Waals surface area contributed by atoms with Gasteiger partial charge in [0.25, 0.3) is 5.60 Å². The second-order valence-electron chi connectivity index (χ2n) is 10.3. The molecule has 0 aromatic heterocycles. The predicted octanol–water partition coefficient (Wildman–Crippen LogP) is 6.24. The lowest BCUT2D eigenvalue weighted by molar-refractivity contribution is -0.376. The summed E-state index contributed by atoms with van der Waals surface area (Å²) in [6.45, 7) is 1.60. The number of amides is 1. The predicted molar refractivity (Wildman–Crippen MR) is 145 cm³/mol. The number of benzene rings is 3. The molecule has 0 fully saturated rings. The minimum Gasteiger partial charge on any atom is -0.489 e. The molecule has 0 saturated heterocycles. The Balaban J connectivity index is 1.71. The maximum absolute atomic E-state index is 13.8. The molecule has 0 aliphatic carbocycles. The Hall–Kier alpha value is -4.06. The minimum atomic E-state index is -6.05. The van der Waals surface area contributed by atoms with Crippen LogP contribution in [0.25, 0.3) is 0 Å². The molecule has 0 unspecified atom stereocenters. The molecule has 230 valence electrons. The highest BCUT2D eigenvalue weighted by molar-refractivity contribution is 5.98. The van der Waals surface area contributed by atoms with E-state index in [0.29, 0.717) is 29.0 Å². The lowest BCUT2D eigenvalue weighted by Gasteiger charge is -2.34. The van der Waals surface area contributed by atoms with Gasteiger partial charge in [0.15, 0.2) is 0 Å². The fraction of sp³-hybridized carbons (Fsp3) is 0.355. The van der Waals surface area contributed by atoms with E-state index in [1.807, 2.05) is 0 Å². The smallest absolute Gasteiger partial charge is 0.430 e. The molecule has 12 heteroatoms. The van der Waals surface area contributed by atoms with E-state index in [0.717, 1.165) is 6.07 Å². The molecule has 0 bridgehead atoms. The van der Waals surface area contributed by atoms with Gasteiger partial charge in [0.1, 0.15) is 11.9 Å². The molecule has 3 aromatic rings. The topological polar surface area (TPSA) is 76.1 Å². The van der Waals surface area contributed by atoms with Crippen LogP contribution in [-0.2, 0) is 32.8 Å². The largest absolute Gasteiger partial charge is 0.489 e. The first-order valence-corrected chi connectivity index (χ1v) is 13.3. The van der Waals surface area contributed by atoms with Crippen molar-refractivity contribution in [1.29, 1.82) is 0 Å². The lowest BCUT2D eigenvalue weighted by atomic mass is 9.89. The molecule has 1 heterocycles. The second kappa shape index (κ2) is 12.3. The van der Waals surface area contributed by atoms with Crippen molar-refractivity contribution < 1.29 is 50.5 Å². The van der Waals surface area contributed by atoms with Crippen molar-refractivity contribution in [1.82, 2.24) is 0 Å². The summed E-state index contributed by atoms with van der Waals surface area (Å²) in [5.74, 6) is -1.19.